The van der Waals surface area contributed by atoms with E-state index in [0.717, 1.165) is 33.3 Å². The summed E-state index contributed by atoms with van der Waals surface area (Å²) in [5.41, 5.74) is 4.01. The minimum Gasteiger partial charge on any atom is -0.337 e. The van der Waals surface area contributed by atoms with Crippen LogP contribution in [0.15, 0.2) is 59.6 Å². The summed E-state index contributed by atoms with van der Waals surface area (Å²) < 4.78 is 0. The third kappa shape index (κ3) is 2.08. The predicted octanol–water partition coefficient (Wildman–Crippen LogP) is 4.50. The monoisotopic (exact) mass is 291 g/mol. The number of nitrogens with zero attached hydrogens (tertiary/aromatic N) is 2. The molecule has 2 aromatic carbocycles. The van der Waals surface area contributed by atoms with Crippen molar-refractivity contribution in [1.82, 2.24) is 15.0 Å². The van der Waals surface area contributed by atoms with Gasteiger partial charge in [0, 0.05) is 15.8 Å². The SMILES string of the molecule is CSc1ccc(-c2nc3c(cnc4ccccc43)[nH]2)cc1. The lowest BCUT2D eigenvalue weighted by Crippen LogP contribution is -1.80. The van der Waals surface area contributed by atoms with Crippen LogP contribution in [0.25, 0.3) is 33.3 Å². The quantitative estimate of drug-likeness (QED) is 0.553. The lowest BCUT2D eigenvalue weighted by atomic mass is 10.2. The van der Waals surface area contributed by atoms with Crippen LogP contribution in [-0.4, -0.2) is 21.2 Å². The van der Waals surface area contributed by atoms with Crippen molar-refractivity contribution >= 4 is 33.7 Å². The van der Waals surface area contributed by atoms with Gasteiger partial charge in [-0.2, -0.15) is 0 Å². The second-order valence-corrected chi connectivity index (χ2v) is 5.73. The van der Waals surface area contributed by atoms with Crippen LogP contribution in [-0.2, 0) is 0 Å². The van der Waals surface area contributed by atoms with Gasteiger partial charge in [-0.05, 0) is 24.5 Å². The topological polar surface area (TPSA) is 41.6 Å². The number of fused-ring (bicyclic) bond motifs is 3. The number of aromatic amines is 1. The minimum atomic E-state index is 0.885. The van der Waals surface area contributed by atoms with Gasteiger partial charge in [0.2, 0.25) is 0 Å². The van der Waals surface area contributed by atoms with Crippen molar-refractivity contribution in [3.05, 3.63) is 54.7 Å². The fourth-order valence-electron chi connectivity index (χ4n) is 2.49. The highest BCUT2D eigenvalue weighted by molar-refractivity contribution is 7.98. The third-order valence-electron chi connectivity index (χ3n) is 3.59. The molecule has 0 fully saturated rings. The van der Waals surface area contributed by atoms with Crippen LogP contribution in [0.5, 0.6) is 0 Å². The first-order valence-corrected chi connectivity index (χ1v) is 7.95. The Morgan fingerprint density at radius 1 is 1.00 bits per heavy atom. The Kier molecular flexibility index (Phi) is 2.89. The number of pyridine rings is 1. The van der Waals surface area contributed by atoms with Gasteiger partial charge in [-0.1, -0.05) is 30.3 Å². The van der Waals surface area contributed by atoms with E-state index in [0.29, 0.717) is 0 Å². The summed E-state index contributed by atoms with van der Waals surface area (Å²) in [6.45, 7) is 0. The van der Waals surface area contributed by atoms with Crippen molar-refractivity contribution in [3.63, 3.8) is 0 Å². The predicted molar refractivity (Wildman–Crippen MR) is 88.6 cm³/mol. The first-order chi connectivity index (χ1) is 10.3. The van der Waals surface area contributed by atoms with Crippen LogP contribution < -0.4 is 0 Å². The molecule has 21 heavy (non-hydrogen) atoms. The summed E-state index contributed by atoms with van der Waals surface area (Å²) in [5.74, 6) is 0.885. The van der Waals surface area contributed by atoms with Gasteiger partial charge < -0.3 is 4.98 Å². The molecule has 0 unspecified atom stereocenters. The van der Waals surface area contributed by atoms with Gasteiger partial charge >= 0.3 is 0 Å². The smallest absolute Gasteiger partial charge is 0.138 e. The number of para-hydroxylation sites is 1. The molecular weight excluding hydrogens is 278 g/mol. The highest BCUT2D eigenvalue weighted by atomic mass is 32.2. The Bertz CT molecular complexity index is 926. The molecule has 4 aromatic rings. The highest BCUT2D eigenvalue weighted by Crippen LogP contribution is 2.26. The molecule has 0 atom stereocenters. The standard InChI is InChI=1S/C17H13N3S/c1-21-12-8-6-11(7-9-12)17-19-15-10-18-14-5-3-2-4-13(14)16(15)20-17/h2-10H,1H3,(H,19,20). The fourth-order valence-corrected chi connectivity index (χ4v) is 2.90. The van der Waals surface area contributed by atoms with Crippen molar-refractivity contribution in [2.75, 3.05) is 6.26 Å². The number of thioether (sulfide) groups is 1. The molecule has 0 amide bonds. The summed E-state index contributed by atoms with van der Waals surface area (Å²) in [4.78, 5) is 13.8. The second kappa shape index (κ2) is 4.90. The molecule has 0 bridgehead atoms. The molecule has 0 spiro atoms. The van der Waals surface area contributed by atoms with Gasteiger partial charge in [-0.25, -0.2) is 4.98 Å². The molecule has 2 aromatic heterocycles. The summed E-state index contributed by atoms with van der Waals surface area (Å²) in [6.07, 6.45) is 3.93. The Balaban J connectivity index is 1.91. The first kappa shape index (κ1) is 12.4. The van der Waals surface area contributed by atoms with Crippen molar-refractivity contribution < 1.29 is 0 Å². The number of aromatic nitrogens is 3. The first-order valence-electron chi connectivity index (χ1n) is 6.73. The zero-order valence-electron chi connectivity index (χ0n) is 11.5. The van der Waals surface area contributed by atoms with Gasteiger partial charge in [-0.3, -0.25) is 4.98 Å². The molecule has 102 valence electrons. The lowest BCUT2D eigenvalue weighted by molar-refractivity contribution is 1.32. The summed E-state index contributed by atoms with van der Waals surface area (Å²) in [5, 5.41) is 1.08. The fraction of sp³-hybridized carbons (Fsp3) is 0.0588. The number of hydrogen-bond donors (Lipinski definition) is 1. The molecule has 3 nitrogen and oxygen atoms in total. The Morgan fingerprint density at radius 3 is 2.62 bits per heavy atom. The van der Waals surface area contributed by atoms with Crippen molar-refractivity contribution in [2.45, 2.75) is 4.90 Å². The Hall–Kier alpha value is -2.33. The summed E-state index contributed by atoms with van der Waals surface area (Å²) in [6, 6.07) is 16.5. The van der Waals surface area contributed by atoms with Crippen molar-refractivity contribution in [2.24, 2.45) is 0 Å². The highest BCUT2D eigenvalue weighted by Gasteiger charge is 2.08. The maximum absolute atomic E-state index is 4.76. The number of hydrogen-bond acceptors (Lipinski definition) is 3. The largest absolute Gasteiger partial charge is 0.337 e. The van der Waals surface area contributed by atoms with Crippen molar-refractivity contribution in [3.8, 4) is 11.4 Å². The molecule has 0 radical (unpaired) electrons. The molecule has 4 heteroatoms. The van der Waals surface area contributed by atoms with Crippen LogP contribution in [0, 0.1) is 0 Å². The molecule has 4 rings (SSSR count). The average molecular weight is 291 g/mol. The van der Waals surface area contributed by atoms with E-state index in [2.05, 4.69) is 46.6 Å². The van der Waals surface area contributed by atoms with E-state index < -0.39 is 0 Å². The van der Waals surface area contributed by atoms with E-state index in [1.54, 1.807) is 11.8 Å². The van der Waals surface area contributed by atoms with Gasteiger partial charge in [0.1, 0.15) is 5.82 Å². The number of imidazole rings is 1. The molecule has 0 saturated carbocycles. The number of benzene rings is 2. The molecule has 0 aliphatic carbocycles. The van der Waals surface area contributed by atoms with Crippen LogP contribution in [0.4, 0.5) is 0 Å². The molecular formula is C17H13N3S. The van der Waals surface area contributed by atoms with E-state index in [9.17, 15) is 0 Å². The minimum absolute atomic E-state index is 0.885. The molecule has 0 aliphatic heterocycles. The van der Waals surface area contributed by atoms with E-state index >= 15 is 0 Å². The third-order valence-corrected chi connectivity index (χ3v) is 4.33. The Morgan fingerprint density at radius 2 is 1.81 bits per heavy atom. The number of H-pyrrole nitrogens is 1. The van der Waals surface area contributed by atoms with Crippen molar-refractivity contribution in [1.29, 1.82) is 0 Å². The summed E-state index contributed by atoms with van der Waals surface area (Å²) >= 11 is 1.74. The van der Waals surface area contributed by atoms with E-state index in [-0.39, 0.29) is 0 Å². The van der Waals surface area contributed by atoms with Gasteiger partial charge in [-0.15, -0.1) is 11.8 Å². The molecule has 0 saturated heterocycles. The zero-order chi connectivity index (χ0) is 14.2. The Labute approximate surface area is 126 Å². The maximum atomic E-state index is 4.76. The van der Waals surface area contributed by atoms with Crippen LogP contribution in [0.2, 0.25) is 0 Å². The van der Waals surface area contributed by atoms with Crippen LogP contribution in [0.1, 0.15) is 0 Å². The molecule has 2 heterocycles. The average Bonchev–Trinajstić information content (AvgIpc) is 2.99. The summed E-state index contributed by atoms with van der Waals surface area (Å²) in [7, 11) is 0. The maximum Gasteiger partial charge on any atom is 0.138 e. The lowest BCUT2D eigenvalue weighted by Gasteiger charge is -1.98. The van der Waals surface area contributed by atoms with Crippen LogP contribution >= 0.6 is 11.8 Å². The van der Waals surface area contributed by atoms with Gasteiger partial charge in [0.15, 0.2) is 0 Å². The second-order valence-electron chi connectivity index (χ2n) is 4.85. The van der Waals surface area contributed by atoms with E-state index in [1.807, 2.05) is 24.4 Å². The van der Waals surface area contributed by atoms with Gasteiger partial charge in [0.25, 0.3) is 0 Å². The van der Waals surface area contributed by atoms with Crippen LogP contribution in [0.3, 0.4) is 0 Å². The van der Waals surface area contributed by atoms with Gasteiger partial charge in [0.05, 0.1) is 22.7 Å². The zero-order valence-corrected chi connectivity index (χ0v) is 12.3. The number of nitrogens with one attached hydrogen (secondary N) is 1. The normalized spacial score (nSPS) is 11.3. The molecule has 0 aliphatic rings. The van der Waals surface area contributed by atoms with E-state index in [4.69, 9.17) is 4.98 Å². The number of rotatable bonds is 2. The molecule has 1 N–H and O–H groups in total. The van der Waals surface area contributed by atoms with E-state index in [1.165, 1.54) is 4.90 Å².